The molecule has 106 valence electrons. The highest BCUT2D eigenvalue weighted by Crippen LogP contribution is 2.17. The van der Waals surface area contributed by atoms with Crippen LogP contribution < -0.4 is 5.43 Å². The molecule has 0 atom stereocenters. The zero-order valence-electron chi connectivity index (χ0n) is 11.6. The second kappa shape index (κ2) is 5.25. The number of H-pyrrole nitrogens is 1. The summed E-state index contributed by atoms with van der Waals surface area (Å²) in [6.45, 7) is 0. The fraction of sp³-hybridized carbons (Fsp3) is 0. The van der Waals surface area contributed by atoms with Crippen LogP contribution in [-0.4, -0.2) is 26.2 Å². The lowest BCUT2D eigenvalue weighted by molar-refractivity contribution is 1.17. The van der Waals surface area contributed by atoms with Gasteiger partial charge in [0.2, 0.25) is 0 Å². The van der Waals surface area contributed by atoms with E-state index in [1.165, 1.54) is 11.7 Å². The number of nitrogens with zero attached hydrogens (tertiary/aromatic N) is 4. The molecule has 0 amide bonds. The normalized spacial score (nSPS) is 11.5. The summed E-state index contributed by atoms with van der Waals surface area (Å²) in [4.78, 5) is 15.3. The zero-order valence-corrected chi connectivity index (χ0v) is 11.6. The molecule has 0 aliphatic heterocycles. The molecule has 0 saturated heterocycles. The zero-order chi connectivity index (χ0) is 14.8. The van der Waals surface area contributed by atoms with Crippen molar-refractivity contribution >= 4 is 34.0 Å². The minimum absolute atomic E-state index is 0.596. The first-order chi connectivity index (χ1) is 10.9. The Bertz CT molecular complexity index is 967. The first-order valence-corrected chi connectivity index (χ1v) is 6.83. The number of benzene rings is 2. The molecule has 0 unspecified atom stereocenters. The van der Waals surface area contributed by atoms with E-state index in [4.69, 9.17) is 0 Å². The highest BCUT2D eigenvalue weighted by Gasteiger charge is 2.04. The molecular weight excluding hydrogens is 276 g/mol. The molecule has 2 heterocycles. The fourth-order valence-corrected chi connectivity index (χ4v) is 2.38. The average Bonchev–Trinajstić information content (AvgIpc) is 3.05. The van der Waals surface area contributed by atoms with Crippen LogP contribution in [0.25, 0.3) is 21.9 Å². The Labute approximate surface area is 126 Å². The van der Waals surface area contributed by atoms with Crippen LogP contribution in [0.4, 0.5) is 5.82 Å². The summed E-state index contributed by atoms with van der Waals surface area (Å²) in [6.07, 6.45) is 4.82. The molecular formula is C16H12N6. The van der Waals surface area contributed by atoms with Crippen LogP contribution >= 0.6 is 0 Å². The number of hydrazone groups is 1. The van der Waals surface area contributed by atoms with Gasteiger partial charge in [-0.05, 0) is 10.8 Å². The second-order valence-corrected chi connectivity index (χ2v) is 4.76. The first-order valence-electron chi connectivity index (χ1n) is 6.83. The number of hydrogen-bond donors (Lipinski definition) is 2. The molecule has 0 radical (unpaired) electrons. The maximum Gasteiger partial charge on any atom is 0.182 e. The molecule has 0 fully saturated rings. The van der Waals surface area contributed by atoms with Crippen LogP contribution in [0.5, 0.6) is 0 Å². The van der Waals surface area contributed by atoms with Crippen molar-refractivity contribution in [3.8, 4) is 0 Å². The average molecular weight is 288 g/mol. The van der Waals surface area contributed by atoms with Gasteiger partial charge >= 0.3 is 0 Å². The summed E-state index contributed by atoms with van der Waals surface area (Å²) in [7, 11) is 0. The van der Waals surface area contributed by atoms with Gasteiger partial charge in [-0.15, -0.1) is 0 Å². The molecule has 2 aromatic heterocycles. The third-order valence-electron chi connectivity index (χ3n) is 3.42. The predicted molar refractivity (Wildman–Crippen MR) is 86.8 cm³/mol. The van der Waals surface area contributed by atoms with Crippen molar-refractivity contribution in [1.82, 2.24) is 19.9 Å². The summed E-state index contributed by atoms with van der Waals surface area (Å²) >= 11 is 0. The summed E-state index contributed by atoms with van der Waals surface area (Å²) in [6, 6.07) is 14.3. The lowest BCUT2D eigenvalue weighted by atomic mass is 10.1. The Hall–Kier alpha value is -3.28. The minimum atomic E-state index is 0.596. The van der Waals surface area contributed by atoms with E-state index in [1.54, 1.807) is 12.5 Å². The Kier molecular flexibility index (Phi) is 2.97. The molecule has 4 aromatic rings. The summed E-state index contributed by atoms with van der Waals surface area (Å²) in [5.74, 6) is 0.596. The van der Waals surface area contributed by atoms with Crippen LogP contribution in [0.3, 0.4) is 0 Å². The van der Waals surface area contributed by atoms with Crippen LogP contribution in [0, 0.1) is 0 Å². The van der Waals surface area contributed by atoms with Crippen molar-refractivity contribution in [2.75, 3.05) is 5.43 Å². The lowest BCUT2D eigenvalue weighted by Crippen LogP contribution is -1.96. The van der Waals surface area contributed by atoms with E-state index in [2.05, 4.69) is 48.7 Å². The quantitative estimate of drug-likeness (QED) is 0.449. The molecule has 22 heavy (non-hydrogen) atoms. The maximum absolute atomic E-state index is 4.28. The smallest absolute Gasteiger partial charge is 0.182 e. The molecule has 0 saturated carbocycles. The van der Waals surface area contributed by atoms with Gasteiger partial charge in [-0.25, -0.2) is 15.0 Å². The SMILES string of the molecule is C(=N/Nc1ncnc2nc[nH]c12)/c1cccc2ccccc12. The fourth-order valence-electron chi connectivity index (χ4n) is 2.38. The third kappa shape index (κ3) is 2.16. The number of hydrogen-bond acceptors (Lipinski definition) is 5. The number of fused-ring (bicyclic) bond motifs is 2. The third-order valence-corrected chi connectivity index (χ3v) is 3.42. The second-order valence-electron chi connectivity index (χ2n) is 4.76. The molecule has 0 spiro atoms. The molecule has 6 heteroatoms. The van der Waals surface area contributed by atoms with E-state index in [1.807, 2.05) is 24.3 Å². The van der Waals surface area contributed by atoms with Gasteiger partial charge in [-0.2, -0.15) is 5.10 Å². The molecule has 2 N–H and O–H groups in total. The van der Waals surface area contributed by atoms with E-state index >= 15 is 0 Å². The van der Waals surface area contributed by atoms with Crippen molar-refractivity contribution < 1.29 is 0 Å². The van der Waals surface area contributed by atoms with Gasteiger partial charge in [0.05, 0.1) is 12.5 Å². The summed E-state index contributed by atoms with van der Waals surface area (Å²) in [5.41, 5.74) is 5.32. The minimum Gasteiger partial charge on any atom is -0.340 e. The van der Waals surface area contributed by atoms with Crippen LogP contribution in [-0.2, 0) is 0 Å². The van der Waals surface area contributed by atoms with E-state index in [0.717, 1.165) is 16.5 Å². The lowest BCUT2D eigenvalue weighted by Gasteiger charge is -2.02. The summed E-state index contributed by atoms with van der Waals surface area (Å²) < 4.78 is 0. The van der Waals surface area contributed by atoms with Gasteiger partial charge in [0, 0.05) is 5.56 Å². The predicted octanol–water partition coefficient (Wildman–Crippen LogP) is 2.95. The van der Waals surface area contributed by atoms with Gasteiger partial charge in [-0.1, -0.05) is 42.5 Å². The van der Waals surface area contributed by atoms with Gasteiger partial charge in [0.1, 0.15) is 11.8 Å². The molecule has 2 aromatic carbocycles. The summed E-state index contributed by atoms with van der Waals surface area (Å²) in [5, 5.41) is 6.62. The van der Waals surface area contributed by atoms with Gasteiger partial charge in [0.25, 0.3) is 0 Å². The van der Waals surface area contributed by atoms with Gasteiger partial charge in [-0.3, -0.25) is 5.43 Å². The monoisotopic (exact) mass is 288 g/mol. The van der Waals surface area contributed by atoms with Gasteiger partial charge < -0.3 is 4.98 Å². The van der Waals surface area contributed by atoms with Gasteiger partial charge in [0.15, 0.2) is 11.5 Å². The number of imidazole rings is 1. The standard InChI is InChI=1S/C16H12N6/c1-2-7-13-11(4-1)5-3-6-12(13)8-21-22-16-14-15(18-9-17-14)19-10-20-16/h1-10H,(H2,17,18,19,20,22)/b21-8-. The van der Waals surface area contributed by atoms with Crippen LogP contribution in [0.1, 0.15) is 5.56 Å². The molecule has 0 bridgehead atoms. The number of nitrogens with one attached hydrogen (secondary N) is 2. The number of rotatable bonds is 3. The largest absolute Gasteiger partial charge is 0.340 e. The molecule has 6 nitrogen and oxygen atoms in total. The first kappa shape index (κ1) is 12.5. The van der Waals surface area contributed by atoms with E-state index in [0.29, 0.717) is 11.5 Å². The highest BCUT2D eigenvalue weighted by atomic mass is 15.3. The highest BCUT2D eigenvalue weighted by molar-refractivity contribution is 6.00. The van der Waals surface area contributed by atoms with Crippen molar-refractivity contribution in [3.63, 3.8) is 0 Å². The molecule has 4 rings (SSSR count). The number of anilines is 1. The van der Waals surface area contributed by atoms with E-state index < -0.39 is 0 Å². The number of aromatic nitrogens is 4. The van der Waals surface area contributed by atoms with Crippen LogP contribution in [0.2, 0.25) is 0 Å². The Morgan fingerprint density at radius 2 is 1.91 bits per heavy atom. The van der Waals surface area contributed by atoms with E-state index in [9.17, 15) is 0 Å². The van der Waals surface area contributed by atoms with Crippen molar-refractivity contribution in [2.45, 2.75) is 0 Å². The maximum atomic E-state index is 4.28. The van der Waals surface area contributed by atoms with Crippen molar-refractivity contribution in [1.29, 1.82) is 0 Å². The molecule has 0 aliphatic carbocycles. The van der Waals surface area contributed by atoms with Crippen molar-refractivity contribution in [2.24, 2.45) is 5.10 Å². The van der Waals surface area contributed by atoms with Crippen LogP contribution in [0.15, 0.2) is 60.2 Å². The van der Waals surface area contributed by atoms with Crippen molar-refractivity contribution in [3.05, 3.63) is 60.7 Å². The Morgan fingerprint density at radius 3 is 2.91 bits per heavy atom. The topological polar surface area (TPSA) is 78.8 Å². The number of aromatic amines is 1. The Morgan fingerprint density at radius 1 is 1.00 bits per heavy atom. The Balaban J connectivity index is 1.65. The molecule has 0 aliphatic rings. The van der Waals surface area contributed by atoms with E-state index in [-0.39, 0.29) is 0 Å².